The van der Waals surface area contributed by atoms with Gasteiger partial charge in [-0.25, -0.2) is 4.39 Å². The number of nitrogens with zero attached hydrogens (tertiary/aromatic N) is 1. The molecular formula is C21H13Cl2F7N2O3. The van der Waals surface area contributed by atoms with Crippen molar-refractivity contribution in [2.45, 2.75) is 37.3 Å². The Morgan fingerprint density at radius 3 is 2.37 bits per heavy atom. The molecule has 1 amide bonds. The average molecular weight is 545 g/mol. The van der Waals surface area contributed by atoms with Crippen molar-refractivity contribution in [2.24, 2.45) is 5.16 Å². The summed E-state index contributed by atoms with van der Waals surface area (Å²) in [5, 5.41) is 4.10. The Labute approximate surface area is 202 Å². The summed E-state index contributed by atoms with van der Waals surface area (Å²) in [6.45, 7) is -0.392. The minimum atomic E-state index is -5.08. The highest BCUT2D eigenvalue weighted by Gasteiger charge is 2.62. The predicted molar refractivity (Wildman–Crippen MR) is 110 cm³/mol. The number of ether oxygens (including phenoxy) is 1. The molecule has 0 fully saturated rings. The topological polar surface area (TPSA) is 59.9 Å². The Balaban J connectivity index is 1.67. The molecule has 188 valence electrons. The van der Waals surface area contributed by atoms with E-state index >= 15 is 0 Å². The molecule has 2 aromatic rings. The fraction of sp³-hybridized carbons (Fsp3) is 0.333. The molecule has 2 heterocycles. The molecule has 0 unspecified atom stereocenters. The summed E-state index contributed by atoms with van der Waals surface area (Å²) in [5.74, 6) is -3.09. The summed E-state index contributed by atoms with van der Waals surface area (Å²) in [6.07, 6.45) is -10.7. The number of halogens is 9. The quantitative estimate of drug-likeness (QED) is 0.389. The van der Waals surface area contributed by atoms with Gasteiger partial charge < -0.3 is 14.9 Å². The van der Waals surface area contributed by atoms with Crippen LogP contribution in [0.15, 0.2) is 29.4 Å². The van der Waals surface area contributed by atoms with Crippen molar-refractivity contribution < 1.29 is 45.1 Å². The van der Waals surface area contributed by atoms with E-state index in [2.05, 4.69) is 5.16 Å². The Bertz CT molecular complexity index is 1210. The minimum Gasteiger partial charge on any atom is -0.493 e. The van der Waals surface area contributed by atoms with Gasteiger partial charge >= 0.3 is 18.3 Å². The highest BCUT2D eigenvalue weighted by Crippen LogP contribution is 2.50. The molecule has 2 aliphatic rings. The molecule has 0 aliphatic carbocycles. The number of hydrogen-bond acceptors (Lipinski definition) is 4. The first-order valence-corrected chi connectivity index (χ1v) is 10.6. The second kappa shape index (κ2) is 8.74. The molecule has 0 spiro atoms. The molecule has 35 heavy (non-hydrogen) atoms. The van der Waals surface area contributed by atoms with Gasteiger partial charge in [0, 0.05) is 41.6 Å². The van der Waals surface area contributed by atoms with E-state index in [1.54, 1.807) is 5.32 Å². The van der Waals surface area contributed by atoms with Crippen LogP contribution in [0.5, 0.6) is 5.75 Å². The maximum atomic E-state index is 14.2. The van der Waals surface area contributed by atoms with Crippen molar-refractivity contribution in [1.29, 1.82) is 0 Å². The maximum absolute atomic E-state index is 14.2. The van der Waals surface area contributed by atoms with Crippen molar-refractivity contribution in [2.75, 3.05) is 6.61 Å². The third kappa shape index (κ3) is 4.49. The highest BCUT2D eigenvalue weighted by molar-refractivity contribution is 6.35. The summed E-state index contributed by atoms with van der Waals surface area (Å²) in [7, 11) is 0. The molecule has 0 saturated carbocycles. The van der Waals surface area contributed by atoms with E-state index in [4.69, 9.17) is 32.8 Å². The summed E-state index contributed by atoms with van der Waals surface area (Å²) < 4.78 is 99.4. The highest BCUT2D eigenvalue weighted by atomic mass is 35.5. The van der Waals surface area contributed by atoms with Crippen LogP contribution in [0.4, 0.5) is 30.7 Å². The summed E-state index contributed by atoms with van der Waals surface area (Å²) in [6, 6.07) is 4.20. The number of amides is 1. The van der Waals surface area contributed by atoms with Gasteiger partial charge in [0.15, 0.2) is 5.82 Å². The number of rotatable bonds is 4. The lowest BCUT2D eigenvalue weighted by atomic mass is 9.85. The van der Waals surface area contributed by atoms with E-state index in [1.165, 1.54) is 12.1 Å². The van der Waals surface area contributed by atoms with E-state index < -0.39 is 58.3 Å². The summed E-state index contributed by atoms with van der Waals surface area (Å²) >= 11 is 11.4. The van der Waals surface area contributed by atoms with Crippen LogP contribution in [0.25, 0.3) is 0 Å². The molecule has 1 atom stereocenters. The number of fused-ring (bicyclic) bond motifs is 1. The lowest BCUT2D eigenvalue weighted by molar-refractivity contribution is -0.275. The van der Waals surface area contributed by atoms with Crippen molar-refractivity contribution in [3.8, 4) is 5.75 Å². The van der Waals surface area contributed by atoms with Gasteiger partial charge in [-0.15, -0.1) is 0 Å². The Kier molecular flexibility index (Phi) is 6.33. The summed E-state index contributed by atoms with van der Waals surface area (Å²) in [4.78, 5) is 16.0. The smallest absolute Gasteiger partial charge is 0.471 e. The first kappa shape index (κ1) is 25.4. The second-order valence-corrected chi connectivity index (χ2v) is 8.56. The van der Waals surface area contributed by atoms with E-state index in [-0.39, 0.29) is 35.6 Å². The molecule has 0 aromatic heterocycles. The van der Waals surface area contributed by atoms with E-state index in [1.807, 2.05) is 0 Å². The fourth-order valence-electron chi connectivity index (χ4n) is 3.88. The summed E-state index contributed by atoms with van der Waals surface area (Å²) in [5.41, 5.74) is -2.84. The standard InChI is InChI=1S/C21H13Cl2F7N2O3/c22-13-5-10(6-14(23)16(13)24)19(21(28,29)30)7-15(32-35-19)11-2-1-9(17-12(11)3-4-34-17)8-31-18(33)20(25,26)27/h1-2,5-6H,3-4,7-8H2,(H,31,33)/t19-/m0/s1. The van der Waals surface area contributed by atoms with Gasteiger partial charge in [0.05, 0.1) is 22.4 Å². The lowest BCUT2D eigenvalue weighted by Gasteiger charge is -2.29. The van der Waals surface area contributed by atoms with Gasteiger partial charge in [-0.2, -0.15) is 26.3 Å². The van der Waals surface area contributed by atoms with Gasteiger partial charge in [-0.05, 0) is 12.1 Å². The molecular weight excluding hydrogens is 532 g/mol. The first-order valence-electron chi connectivity index (χ1n) is 9.84. The SMILES string of the molecule is O=C(NCc1ccc(C2=NO[C@@](c3cc(Cl)c(F)c(Cl)c3)(C(F)(F)F)C2)c2c1OCC2)C(F)(F)F. The zero-order valence-corrected chi connectivity index (χ0v) is 18.7. The molecule has 0 saturated heterocycles. The van der Waals surface area contributed by atoms with Gasteiger partial charge in [-0.3, -0.25) is 4.79 Å². The van der Waals surface area contributed by atoms with Crippen molar-refractivity contribution in [3.05, 3.63) is 62.4 Å². The first-order chi connectivity index (χ1) is 16.2. The molecule has 4 rings (SSSR count). The maximum Gasteiger partial charge on any atom is 0.471 e. The van der Waals surface area contributed by atoms with Crippen LogP contribution in [-0.4, -0.2) is 30.6 Å². The number of hydrogen-bond donors (Lipinski definition) is 1. The van der Waals surface area contributed by atoms with Crippen LogP contribution in [0.2, 0.25) is 10.0 Å². The third-order valence-electron chi connectivity index (χ3n) is 5.58. The normalized spacial score (nSPS) is 19.6. The van der Waals surface area contributed by atoms with Crippen molar-refractivity contribution >= 4 is 34.8 Å². The van der Waals surface area contributed by atoms with Gasteiger partial charge in [-0.1, -0.05) is 40.5 Å². The largest absolute Gasteiger partial charge is 0.493 e. The molecule has 5 nitrogen and oxygen atoms in total. The van der Waals surface area contributed by atoms with Crippen molar-refractivity contribution in [1.82, 2.24) is 5.32 Å². The van der Waals surface area contributed by atoms with Crippen LogP contribution in [-0.2, 0) is 28.2 Å². The zero-order valence-electron chi connectivity index (χ0n) is 17.2. The molecule has 2 aromatic carbocycles. The molecule has 14 heteroatoms. The van der Waals surface area contributed by atoms with Gasteiger partial charge in [0.2, 0.25) is 0 Å². The van der Waals surface area contributed by atoms with Crippen LogP contribution in [0.3, 0.4) is 0 Å². The number of nitrogens with one attached hydrogen (secondary N) is 1. The Hall–Kier alpha value is -2.73. The fourth-order valence-corrected chi connectivity index (χ4v) is 4.37. The average Bonchev–Trinajstić information content (AvgIpc) is 3.42. The number of carbonyl (C=O) groups is 1. The monoisotopic (exact) mass is 544 g/mol. The molecule has 0 bridgehead atoms. The van der Waals surface area contributed by atoms with Crippen LogP contribution >= 0.6 is 23.2 Å². The van der Waals surface area contributed by atoms with Crippen LogP contribution in [0.1, 0.15) is 28.7 Å². The molecule has 2 aliphatic heterocycles. The number of alkyl halides is 6. The Morgan fingerprint density at radius 1 is 1.11 bits per heavy atom. The van der Waals surface area contributed by atoms with Crippen molar-refractivity contribution in [3.63, 3.8) is 0 Å². The van der Waals surface area contributed by atoms with E-state index in [0.29, 0.717) is 5.56 Å². The predicted octanol–water partition coefficient (Wildman–Crippen LogP) is 5.83. The minimum absolute atomic E-state index is 0.119. The third-order valence-corrected chi connectivity index (χ3v) is 6.13. The second-order valence-electron chi connectivity index (χ2n) is 7.74. The van der Waals surface area contributed by atoms with Crippen LogP contribution in [0, 0.1) is 5.82 Å². The Morgan fingerprint density at radius 2 is 1.77 bits per heavy atom. The number of oxime groups is 1. The molecule has 0 radical (unpaired) electrons. The zero-order chi connectivity index (χ0) is 25.8. The van der Waals surface area contributed by atoms with E-state index in [0.717, 1.165) is 12.1 Å². The molecule has 1 N–H and O–H groups in total. The number of benzene rings is 2. The van der Waals surface area contributed by atoms with Gasteiger partial charge in [0.25, 0.3) is 5.60 Å². The lowest BCUT2D eigenvalue weighted by Crippen LogP contribution is -2.42. The van der Waals surface area contributed by atoms with Crippen LogP contribution < -0.4 is 10.1 Å². The van der Waals surface area contributed by atoms with E-state index in [9.17, 15) is 35.5 Å². The van der Waals surface area contributed by atoms with Gasteiger partial charge in [0.1, 0.15) is 5.75 Å². The number of carbonyl (C=O) groups excluding carboxylic acids is 1.